The van der Waals surface area contributed by atoms with Crippen LogP contribution >= 0.6 is 0 Å². The van der Waals surface area contributed by atoms with Crippen molar-refractivity contribution in [2.45, 2.75) is 39.0 Å². The summed E-state index contributed by atoms with van der Waals surface area (Å²) in [7, 11) is 0. The number of nitrogens with zero attached hydrogens (tertiary/aromatic N) is 3. The Morgan fingerprint density at radius 1 is 1.29 bits per heavy atom. The third kappa shape index (κ3) is 2.05. The highest BCUT2D eigenvalue weighted by Crippen LogP contribution is 2.15. The Kier molecular flexibility index (Phi) is 3.01. The molecule has 1 saturated heterocycles. The van der Waals surface area contributed by atoms with Crippen molar-refractivity contribution in [1.82, 2.24) is 15.2 Å². The minimum Gasteiger partial charge on any atom is -0.340 e. The third-order valence-corrected chi connectivity index (χ3v) is 2.65. The van der Waals surface area contributed by atoms with Crippen LogP contribution in [-0.2, 0) is 6.42 Å². The van der Waals surface area contributed by atoms with Crippen LogP contribution in [0.2, 0.25) is 0 Å². The Balaban J connectivity index is 2.00. The van der Waals surface area contributed by atoms with Crippen LogP contribution in [0.4, 0.5) is 5.95 Å². The molecule has 1 aliphatic rings. The van der Waals surface area contributed by atoms with E-state index in [2.05, 4.69) is 27.0 Å². The molecule has 4 heteroatoms. The number of hydrogen-bond donors (Lipinski definition) is 1. The lowest BCUT2D eigenvalue weighted by atomic mass is 10.1. The van der Waals surface area contributed by atoms with Crippen molar-refractivity contribution in [2.24, 2.45) is 0 Å². The van der Waals surface area contributed by atoms with Crippen LogP contribution in [0.15, 0.2) is 0 Å². The molecular formula is C10H18N4. The highest BCUT2D eigenvalue weighted by molar-refractivity contribution is 5.28. The standard InChI is InChI=1S/C10H18N4/c1-2-6-9-11-10(13-12-9)14-7-4-3-5-8-14/h2-8H2,1H3,(H,11,12,13). The van der Waals surface area contributed by atoms with Crippen molar-refractivity contribution in [3.8, 4) is 0 Å². The van der Waals surface area contributed by atoms with Gasteiger partial charge in [0.05, 0.1) is 0 Å². The second-order valence-electron chi connectivity index (χ2n) is 3.88. The predicted octanol–water partition coefficient (Wildman–Crippen LogP) is 1.75. The van der Waals surface area contributed by atoms with Gasteiger partial charge in [-0.05, 0) is 25.7 Å². The SMILES string of the molecule is CCCc1nc(N2CCCCC2)n[nH]1. The van der Waals surface area contributed by atoms with Gasteiger partial charge in [-0.3, -0.25) is 5.10 Å². The number of aryl methyl sites for hydroxylation is 1. The Hall–Kier alpha value is -1.06. The van der Waals surface area contributed by atoms with E-state index in [0.29, 0.717) is 0 Å². The van der Waals surface area contributed by atoms with Crippen molar-refractivity contribution < 1.29 is 0 Å². The third-order valence-electron chi connectivity index (χ3n) is 2.65. The maximum absolute atomic E-state index is 4.48. The Labute approximate surface area is 84.7 Å². The summed E-state index contributed by atoms with van der Waals surface area (Å²) < 4.78 is 0. The summed E-state index contributed by atoms with van der Waals surface area (Å²) in [5.74, 6) is 1.92. The molecule has 1 aromatic rings. The van der Waals surface area contributed by atoms with Gasteiger partial charge >= 0.3 is 0 Å². The van der Waals surface area contributed by atoms with Gasteiger partial charge in [0, 0.05) is 19.5 Å². The summed E-state index contributed by atoms with van der Waals surface area (Å²) in [6.45, 7) is 4.38. The number of rotatable bonds is 3. The Morgan fingerprint density at radius 3 is 2.79 bits per heavy atom. The summed E-state index contributed by atoms with van der Waals surface area (Å²) in [4.78, 5) is 6.76. The number of anilines is 1. The fraction of sp³-hybridized carbons (Fsp3) is 0.800. The normalized spacial score (nSPS) is 17.4. The zero-order valence-corrected chi connectivity index (χ0v) is 8.79. The fourth-order valence-electron chi connectivity index (χ4n) is 1.87. The van der Waals surface area contributed by atoms with Gasteiger partial charge < -0.3 is 4.90 Å². The molecule has 1 aromatic heterocycles. The Morgan fingerprint density at radius 2 is 2.07 bits per heavy atom. The topological polar surface area (TPSA) is 44.8 Å². The molecule has 0 saturated carbocycles. The van der Waals surface area contributed by atoms with Crippen LogP contribution in [-0.4, -0.2) is 28.3 Å². The first kappa shape index (κ1) is 9.49. The maximum Gasteiger partial charge on any atom is 0.244 e. The van der Waals surface area contributed by atoms with E-state index in [1.165, 1.54) is 19.3 Å². The molecule has 0 atom stereocenters. The molecule has 4 nitrogen and oxygen atoms in total. The minimum atomic E-state index is 0.896. The van der Waals surface area contributed by atoms with Gasteiger partial charge in [-0.2, -0.15) is 4.98 Å². The number of aromatic nitrogens is 3. The van der Waals surface area contributed by atoms with Crippen molar-refractivity contribution in [3.63, 3.8) is 0 Å². The molecule has 1 fully saturated rings. The summed E-state index contributed by atoms with van der Waals surface area (Å²) in [5, 5.41) is 7.25. The summed E-state index contributed by atoms with van der Waals surface area (Å²) in [6, 6.07) is 0. The second-order valence-corrected chi connectivity index (χ2v) is 3.88. The van der Waals surface area contributed by atoms with Gasteiger partial charge in [0.1, 0.15) is 5.82 Å². The molecule has 1 N–H and O–H groups in total. The fourth-order valence-corrected chi connectivity index (χ4v) is 1.87. The molecular weight excluding hydrogens is 176 g/mol. The van der Waals surface area contributed by atoms with Gasteiger partial charge in [-0.15, -0.1) is 5.10 Å². The molecule has 1 aliphatic heterocycles. The van der Waals surface area contributed by atoms with Crippen molar-refractivity contribution >= 4 is 5.95 Å². The van der Waals surface area contributed by atoms with E-state index >= 15 is 0 Å². The molecule has 0 spiro atoms. The smallest absolute Gasteiger partial charge is 0.244 e. The van der Waals surface area contributed by atoms with E-state index in [1.54, 1.807) is 0 Å². The van der Waals surface area contributed by atoms with Gasteiger partial charge in [0.25, 0.3) is 0 Å². The number of H-pyrrole nitrogens is 1. The lowest BCUT2D eigenvalue weighted by Gasteiger charge is -2.24. The van der Waals surface area contributed by atoms with Crippen molar-refractivity contribution in [2.75, 3.05) is 18.0 Å². The summed E-state index contributed by atoms with van der Waals surface area (Å²) in [5.41, 5.74) is 0. The lowest BCUT2D eigenvalue weighted by Crippen LogP contribution is -2.30. The van der Waals surface area contributed by atoms with Crippen LogP contribution in [0.25, 0.3) is 0 Å². The average molecular weight is 194 g/mol. The Bertz CT molecular complexity index is 275. The summed E-state index contributed by atoms with van der Waals surface area (Å²) >= 11 is 0. The van der Waals surface area contributed by atoms with Gasteiger partial charge in [-0.1, -0.05) is 6.92 Å². The molecule has 0 unspecified atom stereocenters. The lowest BCUT2D eigenvalue weighted by molar-refractivity contribution is 0.569. The quantitative estimate of drug-likeness (QED) is 0.797. The van der Waals surface area contributed by atoms with Gasteiger partial charge in [0.15, 0.2) is 0 Å². The number of nitrogens with one attached hydrogen (secondary N) is 1. The van der Waals surface area contributed by atoms with Gasteiger partial charge in [0.2, 0.25) is 5.95 Å². The molecule has 0 radical (unpaired) electrons. The molecule has 0 aromatic carbocycles. The maximum atomic E-state index is 4.48. The first-order valence-electron chi connectivity index (χ1n) is 5.56. The zero-order chi connectivity index (χ0) is 9.80. The van der Waals surface area contributed by atoms with Crippen molar-refractivity contribution in [1.29, 1.82) is 0 Å². The molecule has 2 heterocycles. The van der Waals surface area contributed by atoms with E-state index in [9.17, 15) is 0 Å². The average Bonchev–Trinajstić information content (AvgIpc) is 2.68. The molecule has 0 amide bonds. The van der Waals surface area contributed by atoms with Crippen molar-refractivity contribution in [3.05, 3.63) is 5.82 Å². The molecule has 14 heavy (non-hydrogen) atoms. The summed E-state index contributed by atoms with van der Waals surface area (Å²) in [6.07, 6.45) is 6.02. The van der Waals surface area contributed by atoms with E-state index in [1.807, 2.05) is 0 Å². The molecule has 0 bridgehead atoms. The number of hydrogen-bond acceptors (Lipinski definition) is 3. The van der Waals surface area contributed by atoms with Gasteiger partial charge in [-0.25, -0.2) is 0 Å². The molecule has 2 rings (SSSR count). The van der Waals surface area contributed by atoms with Crippen LogP contribution < -0.4 is 4.90 Å². The monoisotopic (exact) mass is 194 g/mol. The predicted molar refractivity (Wildman–Crippen MR) is 56.4 cm³/mol. The second kappa shape index (κ2) is 4.44. The minimum absolute atomic E-state index is 0.896. The first-order chi connectivity index (χ1) is 6.90. The van der Waals surface area contributed by atoms with Crippen LogP contribution in [0.1, 0.15) is 38.4 Å². The highest BCUT2D eigenvalue weighted by Gasteiger charge is 2.14. The van der Waals surface area contributed by atoms with E-state index in [-0.39, 0.29) is 0 Å². The molecule has 0 aliphatic carbocycles. The van der Waals surface area contributed by atoms with E-state index < -0.39 is 0 Å². The largest absolute Gasteiger partial charge is 0.340 e. The van der Waals surface area contributed by atoms with Crippen LogP contribution in [0.3, 0.4) is 0 Å². The number of aromatic amines is 1. The highest BCUT2D eigenvalue weighted by atomic mass is 15.4. The molecule has 78 valence electrons. The first-order valence-corrected chi connectivity index (χ1v) is 5.56. The van der Waals surface area contributed by atoms with E-state index in [0.717, 1.165) is 37.7 Å². The number of piperidine rings is 1. The van der Waals surface area contributed by atoms with E-state index in [4.69, 9.17) is 0 Å². The zero-order valence-electron chi connectivity index (χ0n) is 8.79. The van der Waals surface area contributed by atoms with Crippen LogP contribution in [0, 0.1) is 0 Å². The van der Waals surface area contributed by atoms with Crippen LogP contribution in [0.5, 0.6) is 0 Å².